The summed E-state index contributed by atoms with van der Waals surface area (Å²) in [6.45, 7) is 0.806. The van der Waals surface area contributed by atoms with Crippen molar-refractivity contribution in [3.8, 4) is 0 Å². The highest BCUT2D eigenvalue weighted by molar-refractivity contribution is 7.99. The Hall–Kier alpha value is -1.86. The Bertz CT molecular complexity index is 736. The van der Waals surface area contributed by atoms with E-state index in [0.717, 1.165) is 24.6 Å². The fourth-order valence-electron chi connectivity index (χ4n) is 3.93. The van der Waals surface area contributed by atoms with E-state index in [1.165, 1.54) is 17.3 Å². The second kappa shape index (κ2) is 7.17. The molecule has 1 aliphatic carbocycles. The number of nitrogens with zero attached hydrogens (tertiary/aromatic N) is 3. The van der Waals surface area contributed by atoms with Crippen molar-refractivity contribution in [1.82, 2.24) is 20.1 Å². The van der Waals surface area contributed by atoms with Crippen LogP contribution in [0.2, 0.25) is 0 Å². The Morgan fingerprint density at radius 1 is 1.40 bits per heavy atom. The van der Waals surface area contributed by atoms with E-state index in [1.807, 2.05) is 17.7 Å². The predicted molar refractivity (Wildman–Crippen MR) is 95.1 cm³/mol. The third-order valence-corrected chi connectivity index (χ3v) is 6.21. The summed E-state index contributed by atoms with van der Waals surface area (Å²) in [7, 11) is 1.88. The Labute approximate surface area is 151 Å². The molecule has 0 unspecified atom stereocenters. The Morgan fingerprint density at radius 2 is 2.24 bits per heavy atom. The summed E-state index contributed by atoms with van der Waals surface area (Å²) >= 11 is 1.41. The Morgan fingerprint density at radius 3 is 3.00 bits per heavy atom. The maximum Gasteiger partial charge on any atom is 0.230 e. The third-order valence-electron chi connectivity index (χ3n) is 5.17. The van der Waals surface area contributed by atoms with Gasteiger partial charge in [-0.05, 0) is 18.4 Å². The topological polar surface area (TPSA) is 69.0 Å². The number of ether oxygens (including phenoxy) is 1. The number of hydrogen-bond donors (Lipinski definition) is 1. The molecule has 6 nitrogen and oxygen atoms in total. The Kier molecular flexibility index (Phi) is 4.76. The van der Waals surface area contributed by atoms with Gasteiger partial charge in [0, 0.05) is 31.5 Å². The van der Waals surface area contributed by atoms with E-state index in [0.29, 0.717) is 17.6 Å². The summed E-state index contributed by atoms with van der Waals surface area (Å²) in [5.41, 5.74) is 1.30. The maximum absolute atomic E-state index is 12.4. The van der Waals surface area contributed by atoms with Crippen LogP contribution >= 0.6 is 11.8 Å². The summed E-state index contributed by atoms with van der Waals surface area (Å²) in [5, 5.41) is 11.8. The minimum Gasteiger partial charge on any atom is -0.377 e. The standard InChI is InChI=1S/C18H22N4O2S/c1-22-11-19-21-18(22)25-10-15(23)20-16-13-7-8-24-17(13)14(16)9-12-5-3-2-4-6-12/h2-6,11,13-14,16-17H,7-10H2,1H3,(H,20,23)/t13-,14+,16-,17-/m0/s1. The molecule has 1 saturated heterocycles. The summed E-state index contributed by atoms with van der Waals surface area (Å²) < 4.78 is 7.72. The molecule has 4 atom stereocenters. The first kappa shape index (κ1) is 16.6. The van der Waals surface area contributed by atoms with Crippen molar-refractivity contribution in [1.29, 1.82) is 0 Å². The van der Waals surface area contributed by atoms with Gasteiger partial charge in [0.2, 0.25) is 5.91 Å². The second-order valence-electron chi connectivity index (χ2n) is 6.75. The number of benzene rings is 1. The van der Waals surface area contributed by atoms with Crippen LogP contribution in [-0.2, 0) is 23.0 Å². The number of amides is 1. The average Bonchev–Trinajstić information content (AvgIpc) is 3.23. The molecule has 2 aliphatic rings. The van der Waals surface area contributed by atoms with Gasteiger partial charge >= 0.3 is 0 Å². The SMILES string of the molecule is Cn1cnnc1SCC(=O)N[C@@H]1[C@@H](Cc2ccccc2)[C@H]2OCC[C@@H]12. The quantitative estimate of drug-likeness (QED) is 0.796. The highest BCUT2D eigenvalue weighted by atomic mass is 32.2. The zero-order chi connectivity index (χ0) is 17.2. The lowest BCUT2D eigenvalue weighted by atomic mass is 9.64. The van der Waals surface area contributed by atoms with Crippen LogP contribution in [-0.4, -0.2) is 45.2 Å². The van der Waals surface area contributed by atoms with Crippen LogP contribution < -0.4 is 5.32 Å². The number of thioether (sulfide) groups is 1. The van der Waals surface area contributed by atoms with E-state index in [4.69, 9.17) is 4.74 Å². The number of aromatic nitrogens is 3. The van der Waals surface area contributed by atoms with Crippen LogP contribution in [0.25, 0.3) is 0 Å². The predicted octanol–water partition coefficient (Wildman–Crippen LogP) is 1.67. The molecule has 1 amide bonds. The van der Waals surface area contributed by atoms with Crippen molar-refractivity contribution in [3.05, 3.63) is 42.2 Å². The summed E-state index contributed by atoms with van der Waals surface area (Å²) in [4.78, 5) is 12.4. The van der Waals surface area contributed by atoms with Crippen LogP contribution in [0.5, 0.6) is 0 Å². The molecule has 0 spiro atoms. The first-order valence-corrected chi connectivity index (χ1v) is 9.62. The van der Waals surface area contributed by atoms with Gasteiger partial charge in [-0.1, -0.05) is 42.1 Å². The van der Waals surface area contributed by atoms with Crippen LogP contribution in [0.1, 0.15) is 12.0 Å². The van der Waals surface area contributed by atoms with Crippen LogP contribution in [0.15, 0.2) is 41.8 Å². The number of carbonyl (C=O) groups excluding carboxylic acids is 1. The molecule has 0 bridgehead atoms. The van der Waals surface area contributed by atoms with Crippen molar-refractivity contribution < 1.29 is 9.53 Å². The van der Waals surface area contributed by atoms with Gasteiger partial charge in [-0.15, -0.1) is 10.2 Å². The monoisotopic (exact) mass is 358 g/mol. The molecule has 2 aromatic rings. The highest BCUT2D eigenvalue weighted by Gasteiger charge is 2.53. The highest BCUT2D eigenvalue weighted by Crippen LogP contribution is 2.45. The number of nitrogens with one attached hydrogen (secondary N) is 1. The van der Waals surface area contributed by atoms with E-state index in [1.54, 1.807) is 6.33 Å². The fourth-order valence-corrected chi connectivity index (χ4v) is 4.63. The van der Waals surface area contributed by atoms with Crippen molar-refractivity contribution >= 4 is 17.7 Å². The first-order chi connectivity index (χ1) is 12.2. The minimum atomic E-state index is 0.0569. The van der Waals surface area contributed by atoms with E-state index in [-0.39, 0.29) is 18.1 Å². The molecule has 1 aromatic heterocycles. The molecule has 2 heterocycles. The fraction of sp³-hybridized carbons (Fsp3) is 0.500. The van der Waals surface area contributed by atoms with Gasteiger partial charge < -0.3 is 14.6 Å². The van der Waals surface area contributed by atoms with E-state index in [9.17, 15) is 4.79 Å². The molecule has 7 heteroatoms. The molecular formula is C18H22N4O2S. The summed E-state index contributed by atoms with van der Waals surface area (Å²) in [6, 6.07) is 10.6. The number of fused-ring (bicyclic) bond motifs is 1. The molecule has 1 aromatic carbocycles. The average molecular weight is 358 g/mol. The minimum absolute atomic E-state index is 0.0569. The molecule has 1 aliphatic heterocycles. The Balaban J connectivity index is 1.36. The van der Waals surface area contributed by atoms with Crippen molar-refractivity contribution in [2.45, 2.75) is 30.1 Å². The van der Waals surface area contributed by atoms with Gasteiger partial charge in [0.05, 0.1) is 11.9 Å². The van der Waals surface area contributed by atoms with Crippen molar-refractivity contribution in [3.63, 3.8) is 0 Å². The molecular weight excluding hydrogens is 336 g/mol. The maximum atomic E-state index is 12.4. The van der Waals surface area contributed by atoms with Gasteiger partial charge in [0.25, 0.3) is 0 Å². The lowest BCUT2D eigenvalue weighted by molar-refractivity contribution is -0.124. The molecule has 4 rings (SSSR count). The van der Waals surface area contributed by atoms with Crippen molar-refractivity contribution in [2.75, 3.05) is 12.4 Å². The summed E-state index contributed by atoms with van der Waals surface area (Å²) in [5.74, 6) is 1.23. The third kappa shape index (κ3) is 3.43. The van der Waals surface area contributed by atoms with Gasteiger partial charge in [0.1, 0.15) is 6.33 Å². The normalized spacial score (nSPS) is 27.6. The zero-order valence-electron chi connectivity index (χ0n) is 14.2. The molecule has 1 N–H and O–H groups in total. The van der Waals surface area contributed by atoms with Gasteiger partial charge in [-0.2, -0.15) is 0 Å². The van der Waals surface area contributed by atoms with Gasteiger partial charge in [-0.3, -0.25) is 4.79 Å². The number of carbonyl (C=O) groups is 1. The van der Waals surface area contributed by atoms with Crippen LogP contribution in [0.3, 0.4) is 0 Å². The van der Waals surface area contributed by atoms with Crippen LogP contribution in [0, 0.1) is 11.8 Å². The lowest BCUT2D eigenvalue weighted by Gasteiger charge is -2.48. The molecule has 132 valence electrons. The van der Waals surface area contributed by atoms with Gasteiger partial charge in [-0.25, -0.2) is 0 Å². The first-order valence-electron chi connectivity index (χ1n) is 8.64. The van der Waals surface area contributed by atoms with Gasteiger partial charge in [0.15, 0.2) is 5.16 Å². The number of aryl methyl sites for hydroxylation is 1. The molecule has 25 heavy (non-hydrogen) atoms. The van der Waals surface area contributed by atoms with Crippen molar-refractivity contribution in [2.24, 2.45) is 18.9 Å². The second-order valence-corrected chi connectivity index (χ2v) is 7.69. The van der Waals surface area contributed by atoms with E-state index in [2.05, 4.69) is 39.8 Å². The van der Waals surface area contributed by atoms with E-state index < -0.39 is 0 Å². The molecule has 1 saturated carbocycles. The van der Waals surface area contributed by atoms with E-state index >= 15 is 0 Å². The smallest absolute Gasteiger partial charge is 0.230 e. The summed E-state index contributed by atoms with van der Waals surface area (Å²) in [6.07, 6.45) is 3.92. The largest absolute Gasteiger partial charge is 0.377 e. The molecule has 2 fully saturated rings. The molecule has 0 radical (unpaired) electrons. The zero-order valence-corrected chi connectivity index (χ0v) is 15.0. The number of hydrogen-bond acceptors (Lipinski definition) is 5. The van der Waals surface area contributed by atoms with Crippen LogP contribution in [0.4, 0.5) is 0 Å². The lowest BCUT2D eigenvalue weighted by Crippen LogP contribution is -2.62. The number of rotatable bonds is 6.